The first-order valence-electron chi connectivity index (χ1n) is 5.09. The monoisotopic (exact) mass is 310 g/mol. The Labute approximate surface area is 112 Å². The summed E-state index contributed by atoms with van der Waals surface area (Å²) in [6, 6.07) is 3.57. The number of hydrogen-bond acceptors (Lipinski definition) is 5. The number of nitrogens with zero attached hydrogens (tertiary/aromatic N) is 1. The molecule has 0 aliphatic carbocycles. The van der Waals surface area contributed by atoms with Gasteiger partial charge >= 0.3 is 5.97 Å². The number of rotatable bonds is 2. The maximum Gasteiger partial charge on any atom is 0.341 e. The summed E-state index contributed by atoms with van der Waals surface area (Å²) in [5.74, 6) is 0.0351. The average Bonchev–Trinajstić information content (AvgIpc) is 2.39. The van der Waals surface area contributed by atoms with Crippen LogP contribution in [0.15, 0.2) is 22.8 Å². The van der Waals surface area contributed by atoms with E-state index in [1.165, 1.54) is 20.4 Å². The summed E-state index contributed by atoms with van der Waals surface area (Å²) in [6.07, 6.45) is 1.40. The summed E-state index contributed by atoms with van der Waals surface area (Å²) in [5.41, 5.74) is 7.16. The molecule has 6 heteroatoms. The Hall–Kier alpha value is -1.82. The van der Waals surface area contributed by atoms with Gasteiger partial charge in [-0.25, -0.2) is 4.79 Å². The predicted octanol–water partition coefficient (Wildman–Crippen LogP) is 2.37. The average molecular weight is 311 g/mol. The Kier molecular flexibility index (Phi) is 3.38. The molecule has 0 amide bonds. The largest absolute Gasteiger partial charge is 0.496 e. The Morgan fingerprint density at radius 2 is 2.11 bits per heavy atom. The number of fused-ring (bicyclic) bond motifs is 1. The van der Waals surface area contributed by atoms with Crippen LogP contribution in [0.5, 0.6) is 5.75 Å². The highest BCUT2D eigenvalue weighted by Gasteiger charge is 2.17. The van der Waals surface area contributed by atoms with Gasteiger partial charge in [-0.3, -0.25) is 4.98 Å². The van der Waals surface area contributed by atoms with Crippen molar-refractivity contribution in [2.24, 2.45) is 0 Å². The highest BCUT2D eigenvalue weighted by molar-refractivity contribution is 9.10. The van der Waals surface area contributed by atoms with Crippen molar-refractivity contribution in [3.8, 4) is 5.75 Å². The highest BCUT2D eigenvalue weighted by atomic mass is 79.9. The van der Waals surface area contributed by atoms with Crippen LogP contribution in [0.3, 0.4) is 0 Å². The van der Waals surface area contributed by atoms with E-state index < -0.39 is 5.97 Å². The molecule has 2 rings (SSSR count). The molecule has 0 spiro atoms. The normalized spacial score (nSPS) is 10.4. The standard InChI is InChI=1S/C12H11BrN2O3/c1-17-8-4-3-7(13)11-9(8)10(14)6(5-15-11)12(16)18-2/h3-5H,1-2H3,(H2,14,15). The molecule has 2 N–H and O–H groups in total. The van der Waals surface area contributed by atoms with Crippen molar-refractivity contribution in [3.63, 3.8) is 0 Å². The molecule has 1 heterocycles. The maximum atomic E-state index is 11.6. The SMILES string of the molecule is COC(=O)c1cnc2c(Br)ccc(OC)c2c1N. The molecule has 0 aliphatic rings. The fourth-order valence-electron chi connectivity index (χ4n) is 1.71. The van der Waals surface area contributed by atoms with Crippen LogP contribution in [0.25, 0.3) is 10.9 Å². The number of halogens is 1. The Balaban J connectivity index is 2.84. The smallest absolute Gasteiger partial charge is 0.341 e. The van der Waals surface area contributed by atoms with Crippen LogP contribution in [0.1, 0.15) is 10.4 Å². The Morgan fingerprint density at radius 3 is 2.72 bits per heavy atom. The van der Waals surface area contributed by atoms with Crippen LogP contribution >= 0.6 is 15.9 Å². The van der Waals surface area contributed by atoms with Crippen LogP contribution in [-0.2, 0) is 4.74 Å². The molecule has 0 fully saturated rings. The van der Waals surface area contributed by atoms with Crippen molar-refractivity contribution in [2.75, 3.05) is 20.0 Å². The van der Waals surface area contributed by atoms with E-state index in [0.29, 0.717) is 22.3 Å². The number of esters is 1. The number of anilines is 1. The van der Waals surface area contributed by atoms with Gasteiger partial charge in [0.15, 0.2) is 0 Å². The van der Waals surface area contributed by atoms with Crippen LogP contribution in [0.2, 0.25) is 0 Å². The van der Waals surface area contributed by atoms with Crippen LogP contribution in [0.4, 0.5) is 5.69 Å². The van der Waals surface area contributed by atoms with Gasteiger partial charge in [-0.2, -0.15) is 0 Å². The van der Waals surface area contributed by atoms with E-state index in [1.807, 2.05) is 6.07 Å². The fraction of sp³-hybridized carbons (Fsp3) is 0.167. The van der Waals surface area contributed by atoms with Gasteiger partial charge in [-0.05, 0) is 28.1 Å². The van der Waals surface area contributed by atoms with Gasteiger partial charge in [0.1, 0.15) is 11.3 Å². The summed E-state index contributed by atoms with van der Waals surface area (Å²) in [7, 11) is 2.83. The number of methoxy groups -OCH3 is 2. The predicted molar refractivity (Wildman–Crippen MR) is 71.7 cm³/mol. The summed E-state index contributed by atoms with van der Waals surface area (Å²) in [4.78, 5) is 15.8. The van der Waals surface area contributed by atoms with E-state index in [1.54, 1.807) is 6.07 Å². The molecule has 0 saturated heterocycles. The van der Waals surface area contributed by atoms with Crippen LogP contribution in [-0.4, -0.2) is 25.2 Å². The third-order valence-electron chi connectivity index (χ3n) is 2.60. The first kappa shape index (κ1) is 12.6. The lowest BCUT2D eigenvalue weighted by Gasteiger charge is -2.11. The number of nitrogen functional groups attached to an aromatic ring is 1. The van der Waals surface area contributed by atoms with E-state index >= 15 is 0 Å². The Bertz CT molecular complexity index is 628. The minimum Gasteiger partial charge on any atom is -0.496 e. The maximum absolute atomic E-state index is 11.6. The van der Waals surface area contributed by atoms with Gasteiger partial charge in [0.2, 0.25) is 0 Å². The minimum absolute atomic E-state index is 0.224. The summed E-state index contributed by atoms with van der Waals surface area (Å²) in [5, 5.41) is 0.592. The number of aromatic nitrogens is 1. The molecule has 0 unspecified atom stereocenters. The second kappa shape index (κ2) is 4.81. The molecule has 2 aromatic rings. The van der Waals surface area contributed by atoms with Gasteiger partial charge in [-0.1, -0.05) is 0 Å². The molecule has 0 saturated carbocycles. The second-order valence-corrected chi connectivity index (χ2v) is 4.40. The Morgan fingerprint density at radius 1 is 1.39 bits per heavy atom. The minimum atomic E-state index is -0.524. The number of pyridine rings is 1. The van der Waals surface area contributed by atoms with Gasteiger partial charge < -0.3 is 15.2 Å². The van der Waals surface area contributed by atoms with Gasteiger partial charge in [0.25, 0.3) is 0 Å². The zero-order valence-corrected chi connectivity index (χ0v) is 11.4. The molecule has 94 valence electrons. The van der Waals surface area contributed by atoms with Crippen molar-refractivity contribution in [1.82, 2.24) is 4.98 Å². The van der Waals surface area contributed by atoms with E-state index in [9.17, 15) is 4.79 Å². The van der Waals surface area contributed by atoms with E-state index in [0.717, 1.165) is 4.47 Å². The van der Waals surface area contributed by atoms with Gasteiger partial charge in [0, 0.05) is 10.7 Å². The third-order valence-corrected chi connectivity index (χ3v) is 3.24. The fourth-order valence-corrected chi connectivity index (χ4v) is 2.14. The first-order chi connectivity index (χ1) is 8.60. The second-order valence-electron chi connectivity index (χ2n) is 3.55. The van der Waals surface area contributed by atoms with Crippen LogP contribution < -0.4 is 10.5 Å². The number of carbonyl (C=O) groups excluding carboxylic acids is 1. The quantitative estimate of drug-likeness (QED) is 0.862. The molecular formula is C12H11BrN2O3. The molecule has 0 radical (unpaired) electrons. The molecule has 1 aromatic carbocycles. The van der Waals surface area contributed by atoms with E-state index in [2.05, 4.69) is 25.7 Å². The number of nitrogens with two attached hydrogens (primary N) is 1. The molecule has 0 bridgehead atoms. The van der Waals surface area contributed by atoms with Crippen molar-refractivity contribution in [1.29, 1.82) is 0 Å². The third kappa shape index (κ3) is 1.88. The van der Waals surface area contributed by atoms with Gasteiger partial charge in [-0.15, -0.1) is 0 Å². The molecule has 0 aliphatic heterocycles. The number of carbonyl (C=O) groups is 1. The zero-order chi connectivity index (χ0) is 13.3. The molecule has 1 aromatic heterocycles. The van der Waals surface area contributed by atoms with Gasteiger partial charge in [0.05, 0.1) is 30.8 Å². The topological polar surface area (TPSA) is 74.4 Å². The van der Waals surface area contributed by atoms with Crippen molar-refractivity contribution in [2.45, 2.75) is 0 Å². The van der Waals surface area contributed by atoms with Crippen LogP contribution in [0, 0.1) is 0 Å². The number of hydrogen-bond donors (Lipinski definition) is 1. The first-order valence-corrected chi connectivity index (χ1v) is 5.88. The lowest BCUT2D eigenvalue weighted by Crippen LogP contribution is -2.07. The molecule has 0 atom stereocenters. The van der Waals surface area contributed by atoms with E-state index in [4.69, 9.17) is 10.5 Å². The summed E-state index contributed by atoms with van der Waals surface area (Å²) >= 11 is 3.38. The molecule has 5 nitrogen and oxygen atoms in total. The lowest BCUT2D eigenvalue weighted by molar-refractivity contribution is 0.0601. The molecule has 18 heavy (non-hydrogen) atoms. The summed E-state index contributed by atoms with van der Waals surface area (Å²) in [6.45, 7) is 0. The molecular weight excluding hydrogens is 300 g/mol. The highest BCUT2D eigenvalue weighted by Crippen LogP contribution is 2.35. The van der Waals surface area contributed by atoms with E-state index in [-0.39, 0.29) is 5.56 Å². The number of benzene rings is 1. The van der Waals surface area contributed by atoms with Crippen molar-refractivity contribution in [3.05, 3.63) is 28.4 Å². The summed E-state index contributed by atoms with van der Waals surface area (Å²) < 4.78 is 10.7. The van der Waals surface area contributed by atoms with Crippen molar-refractivity contribution < 1.29 is 14.3 Å². The number of ether oxygens (including phenoxy) is 2. The lowest BCUT2D eigenvalue weighted by atomic mass is 10.1. The van der Waals surface area contributed by atoms with Crippen molar-refractivity contribution >= 4 is 38.5 Å². The zero-order valence-electron chi connectivity index (χ0n) is 9.86.